The highest BCUT2D eigenvalue weighted by atomic mass is 35.5. The highest BCUT2D eigenvalue weighted by molar-refractivity contribution is 6.54. The number of aromatic carboxylic acids is 1. The van der Waals surface area contributed by atoms with Crippen molar-refractivity contribution in [3.8, 4) is 0 Å². The highest BCUT2D eigenvalue weighted by Crippen LogP contribution is 2.41. The molecule has 1 rings (SSSR count). The number of hydrogen-bond donors (Lipinski definition) is 1. The van der Waals surface area contributed by atoms with Crippen molar-refractivity contribution in [3.05, 3.63) is 43.9 Å². The first kappa shape index (κ1) is 19.6. The number of esters is 2. The number of benzene rings is 1. The number of carbonyl (C=O) groups is 3. The average molecular weight is 402 g/mol. The van der Waals surface area contributed by atoms with E-state index in [0.717, 1.165) is 6.08 Å². The monoisotopic (exact) mass is 400 g/mol. The number of carboxylic acid groups (broad SMARTS) is 1. The summed E-state index contributed by atoms with van der Waals surface area (Å²) in [6.07, 6.45) is 0.931. The van der Waals surface area contributed by atoms with Crippen molar-refractivity contribution >= 4 is 64.3 Å². The summed E-state index contributed by atoms with van der Waals surface area (Å²) in [5, 5.41) is 7.74. The number of rotatable bonds is 6. The molecule has 6 nitrogen and oxygen atoms in total. The average Bonchev–Trinajstić information content (AvgIpc) is 2.51. The van der Waals surface area contributed by atoms with Crippen molar-refractivity contribution in [3.63, 3.8) is 0 Å². The third-order valence-electron chi connectivity index (χ3n) is 2.41. The Bertz CT molecular complexity index is 686. The zero-order chi connectivity index (χ0) is 17.7. The molecule has 0 saturated carbocycles. The molecule has 0 aliphatic rings. The van der Waals surface area contributed by atoms with E-state index in [0.29, 0.717) is 0 Å². The van der Waals surface area contributed by atoms with E-state index in [4.69, 9.17) is 51.1 Å². The number of ether oxygens (including phenoxy) is 2. The lowest BCUT2D eigenvalue weighted by atomic mass is 10.1. The number of carboxylic acids is 1. The lowest BCUT2D eigenvalue weighted by Gasteiger charge is -2.13. The molecule has 0 atom stereocenters. The lowest BCUT2D eigenvalue weighted by molar-refractivity contribution is -0.138. The van der Waals surface area contributed by atoms with Crippen molar-refractivity contribution in [2.24, 2.45) is 0 Å². The summed E-state index contributed by atoms with van der Waals surface area (Å²) in [6, 6.07) is 0. The van der Waals surface area contributed by atoms with E-state index >= 15 is 0 Å². The van der Waals surface area contributed by atoms with Crippen LogP contribution >= 0.6 is 46.4 Å². The van der Waals surface area contributed by atoms with Gasteiger partial charge in [0.25, 0.3) is 0 Å². The maximum absolute atomic E-state index is 12.0. The second-order valence-electron chi connectivity index (χ2n) is 3.82. The molecule has 0 aliphatic heterocycles. The Morgan fingerprint density at radius 1 is 0.913 bits per heavy atom. The molecule has 10 heteroatoms. The van der Waals surface area contributed by atoms with Gasteiger partial charge >= 0.3 is 17.9 Å². The van der Waals surface area contributed by atoms with Gasteiger partial charge in [0.15, 0.2) is 0 Å². The van der Waals surface area contributed by atoms with Crippen molar-refractivity contribution in [2.75, 3.05) is 13.2 Å². The molecule has 0 radical (unpaired) electrons. The summed E-state index contributed by atoms with van der Waals surface area (Å²) >= 11 is 23.2. The number of halogens is 4. The Labute approximate surface area is 150 Å². The van der Waals surface area contributed by atoms with Gasteiger partial charge in [0.2, 0.25) is 0 Å². The third kappa shape index (κ3) is 4.51. The van der Waals surface area contributed by atoms with Gasteiger partial charge < -0.3 is 14.6 Å². The van der Waals surface area contributed by atoms with Crippen molar-refractivity contribution in [2.45, 2.75) is 0 Å². The van der Waals surface area contributed by atoms with Crippen molar-refractivity contribution < 1.29 is 29.0 Å². The van der Waals surface area contributed by atoms with Crippen LogP contribution in [0.1, 0.15) is 20.7 Å². The molecule has 0 fully saturated rings. The minimum absolute atomic E-state index is 0.258. The minimum Gasteiger partial charge on any atom is -0.478 e. The van der Waals surface area contributed by atoms with Crippen LogP contribution in [0.15, 0.2) is 12.7 Å². The second-order valence-corrected chi connectivity index (χ2v) is 5.33. The molecule has 1 aromatic carbocycles. The third-order valence-corrected chi connectivity index (χ3v) is 4.21. The highest BCUT2D eigenvalue weighted by Gasteiger charge is 2.29. The summed E-state index contributed by atoms with van der Waals surface area (Å²) < 4.78 is 9.38. The summed E-state index contributed by atoms with van der Waals surface area (Å²) in [5.41, 5.74) is -1.19. The molecule has 0 aromatic heterocycles. The van der Waals surface area contributed by atoms with Crippen LogP contribution in [0.25, 0.3) is 0 Å². The first-order valence-electron chi connectivity index (χ1n) is 5.77. The van der Waals surface area contributed by atoms with Crippen LogP contribution in [-0.2, 0) is 14.3 Å². The van der Waals surface area contributed by atoms with Gasteiger partial charge in [0.1, 0.15) is 13.2 Å². The van der Waals surface area contributed by atoms with Crippen molar-refractivity contribution in [1.82, 2.24) is 0 Å². The Balaban J connectivity index is 3.07. The molecule has 0 heterocycles. The summed E-state index contributed by atoms with van der Waals surface area (Å²) in [6.45, 7) is 2.59. The van der Waals surface area contributed by atoms with Crippen LogP contribution in [0.5, 0.6) is 0 Å². The van der Waals surface area contributed by atoms with Gasteiger partial charge in [-0.05, 0) is 0 Å². The standard InChI is InChI=1S/C13H8Cl4O6/c1-2-5(18)22-3-4-23-13(21)7-6(12(19)20)8(14)10(16)11(17)9(7)15/h2H,1,3-4H2,(H,19,20). The summed E-state index contributed by atoms with van der Waals surface area (Å²) in [7, 11) is 0. The SMILES string of the molecule is C=CC(=O)OCCOC(=O)c1c(Cl)c(Cl)c(Cl)c(Cl)c1C(=O)O. The Morgan fingerprint density at radius 2 is 1.39 bits per heavy atom. The van der Waals surface area contributed by atoms with Crippen LogP contribution in [0, 0.1) is 0 Å². The van der Waals surface area contributed by atoms with E-state index in [1.165, 1.54) is 0 Å². The Kier molecular flexibility index (Phi) is 7.15. The van der Waals surface area contributed by atoms with Gasteiger partial charge in [-0.1, -0.05) is 53.0 Å². The lowest BCUT2D eigenvalue weighted by Crippen LogP contribution is -2.17. The number of carbonyl (C=O) groups excluding carboxylic acids is 2. The predicted octanol–water partition coefficient (Wildman–Crippen LogP) is 3.88. The molecule has 0 amide bonds. The molecule has 0 saturated heterocycles. The van der Waals surface area contributed by atoms with Gasteiger partial charge in [-0.15, -0.1) is 0 Å². The largest absolute Gasteiger partial charge is 0.478 e. The zero-order valence-corrected chi connectivity index (χ0v) is 14.2. The van der Waals surface area contributed by atoms with E-state index in [-0.39, 0.29) is 23.3 Å². The molecule has 0 unspecified atom stereocenters. The van der Waals surface area contributed by atoms with Crippen LogP contribution < -0.4 is 0 Å². The number of hydrogen-bond acceptors (Lipinski definition) is 5. The zero-order valence-electron chi connectivity index (χ0n) is 11.2. The van der Waals surface area contributed by atoms with E-state index in [2.05, 4.69) is 11.3 Å². The fourth-order valence-corrected chi connectivity index (χ4v) is 2.44. The molecule has 1 aromatic rings. The molecule has 0 bridgehead atoms. The van der Waals surface area contributed by atoms with Crippen LogP contribution in [-0.4, -0.2) is 36.2 Å². The van der Waals surface area contributed by atoms with Gasteiger partial charge in [-0.3, -0.25) is 0 Å². The van der Waals surface area contributed by atoms with Gasteiger partial charge in [0, 0.05) is 6.08 Å². The molecular weight excluding hydrogens is 394 g/mol. The summed E-state index contributed by atoms with van der Waals surface area (Å²) in [5.74, 6) is -3.36. The topological polar surface area (TPSA) is 89.9 Å². The summed E-state index contributed by atoms with van der Waals surface area (Å²) in [4.78, 5) is 34.1. The fraction of sp³-hybridized carbons (Fsp3) is 0.154. The molecule has 23 heavy (non-hydrogen) atoms. The van der Waals surface area contributed by atoms with Gasteiger partial charge in [-0.25, -0.2) is 14.4 Å². The van der Waals surface area contributed by atoms with Crippen LogP contribution in [0.4, 0.5) is 0 Å². The Hall–Kier alpha value is -1.47. The van der Waals surface area contributed by atoms with Gasteiger partial charge in [0.05, 0.1) is 31.2 Å². The fourth-order valence-electron chi connectivity index (χ4n) is 1.43. The van der Waals surface area contributed by atoms with E-state index < -0.39 is 39.1 Å². The molecular formula is C13H8Cl4O6. The second kappa shape index (κ2) is 8.40. The van der Waals surface area contributed by atoms with Crippen LogP contribution in [0.2, 0.25) is 20.1 Å². The first-order valence-corrected chi connectivity index (χ1v) is 7.29. The molecule has 0 spiro atoms. The Morgan fingerprint density at radius 3 is 1.87 bits per heavy atom. The quantitative estimate of drug-likeness (QED) is 0.256. The molecule has 1 N–H and O–H groups in total. The first-order chi connectivity index (χ1) is 10.7. The minimum atomic E-state index is -1.54. The molecule has 0 aliphatic carbocycles. The van der Waals surface area contributed by atoms with E-state index in [9.17, 15) is 19.5 Å². The van der Waals surface area contributed by atoms with Crippen LogP contribution in [0.3, 0.4) is 0 Å². The normalized spacial score (nSPS) is 10.1. The van der Waals surface area contributed by atoms with E-state index in [1.807, 2.05) is 0 Å². The smallest absolute Gasteiger partial charge is 0.340 e. The predicted molar refractivity (Wildman–Crippen MR) is 84.9 cm³/mol. The molecule has 124 valence electrons. The van der Waals surface area contributed by atoms with Crippen molar-refractivity contribution in [1.29, 1.82) is 0 Å². The maximum Gasteiger partial charge on any atom is 0.340 e. The maximum atomic E-state index is 12.0. The van der Waals surface area contributed by atoms with E-state index in [1.54, 1.807) is 0 Å². The van der Waals surface area contributed by atoms with Gasteiger partial charge in [-0.2, -0.15) is 0 Å².